The third-order valence-corrected chi connectivity index (χ3v) is 6.00. The normalized spacial score (nSPS) is 11.8. The first-order valence-corrected chi connectivity index (χ1v) is 14.3. The van der Waals surface area contributed by atoms with Crippen molar-refractivity contribution in [3.63, 3.8) is 0 Å². The maximum Gasteiger partial charge on any atom is 0.397 e. The molecule has 0 aromatic carbocycles. The summed E-state index contributed by atoms with van der Waals surface area (Å²) < 4.78 is 30.7. The van der Waals surface area contributed by atoms with Gasteiger partial charge in [-0.25, -0.2) is 4.18 Å². The lowest BCUT2D eigenvalue weighted by molar-refractivity contribution is -0.0606. The van der Waals surface area contributed by atoms with Crippen molar-refractivity contribution in [1.29, 1.82) is 0 Å². The molecule has 0 aliphatic carbocycles. The van der Waals surface area contributed by atoms with Crippen LogP contribution < -0.4 is 0 Å². The van der Waals surface area contributed by atoms with E-state index in [4.69, 9.17) is 14.8 Å². The fourth-order valence-electron chi connectivity index (χ4n) is 3.64. The summed E-state index contributed by atoms with van der Waals surface area (Å²) in [6, 6.07) is 0. The van der Waals surface area contributed by atoms with Crippen LogP contribution in [0, 0.1) is 0 Å². The second-order valence-electron chi connectivity index (χ2n) is 8.51. The van der Waals surface area contributed by atoms with Crippen molar-refractivity contribution < 1.29 is 27.4 Å². The molecule has 7 nitrogen and oxygen atoms in total. The summed E-state index contributed by atoms with van der Waals surface area (Å²) in [5, 5.41) is 18.0. The number of rotatable bonds is 22. The Hall–Kier alpha value is -0.250. The lowest BCUT2D eigenvalue weighted by atomic mass is 10.0. The highest BCUT2D eigenvalue weighted by Crippen LogP contribution is 2.13. The quantitative estimate of drug-likeness (QED) is 0.103. The average molecular weight is 484 g/mol. The number of likely N-dealkylation sites (N-methyl/N-ethyl adjacent to an activating group) is 1. The number of aliphatic hydroxyl groups excluding tert-OH is 1. The number of aliphatic hydroxyl groups is 2. The summed E-state index contributed by atoms with van der Waals surface area (Å²) in [5.41, 5.74) is 0. The third-order valence-electron chi connectivity index (χ3n) is 5.46. The Kier molecular flexibility index (Phi) is 26.9. The van der Waals surface area contributed by atoms with Crippen LogP contribution in [0.4, 0.5) is 0 Å². The van der Waals surface area contributed by atoms with Crippen LogP contribution in [0.3, 0.4) is 0 Å². The zero-order valence-electron chi connectivity index (χ0n) is 21.1. The van der Waals surface area contributed by atoms with E-state index in [1.54, 1.807) is 0 Å². The Morgan fingerprint density at radius 2 is 1.06 bits per heavy atom. The molecule has 0 radical (unpaired) electrons. The highest BCUT2D eigenvalue weighted by molar-refractivity contribution is 7.80. The first-order valence-electron chi connectivity index (χ1n) is 13.0. The lowest BCUT2D eigenvalue weighted by Gasteiger charge is -2.20. The van der Waals surface area contributed by atoms with E-state index in [1.807, 2.05) is 0 Å². The molecule has 8 heteroatoms. The molecule has 0 spiro atoms. The molecule has 0 saturated heterocycles. The van der Waals surface area contributed by atoms with Crippen LogP contribution in [0.2, 0.25) is 0 Å². The fraction of sp³-hybridized carbons (Fsp3) is 1.00. The van der Waals surface area contributed by atoms with Crippen LogP contribution in [-0.2, 0) is 14.6 Å². The van der Waals surface area contributed by atoms with E-state index in [9.17, 15) is 8.42 Å². The van der Waals surface area contributed by atoms with E-state index in [0.29, 0.717) is 6.54 Å². The molecule has 0 aliphatic heterocycles. The summed E-state index contributed by atoms with van der Waals surface area (Å²) in [7, 11) is -4.17. The molecule has 0 fully saturated rings. The summed E-state index contributed by atoms with van der Waals surface area (Å²) in [6.07, 6.45) is 21.1. The smallest absolute Gasteiger partial charge is 0.367 e. The minimum atomic E-state index is -4.17. The van der Waals surface area contributed by atoms with Crippen molar-refractivity contribution >= 4 is 10.4 Å². The van der Waals surface area contributed by atoms with Crippen molar-refractivity contribution in [3.8, 4) is 0 Å². The van der Waals surface area contributed by atoms with Gasteiger partial charge in [-0.15, -0.1) is 0 Å². The molecule has 0 amide bonds. The molecule has 0 atom stereocenters. The van der Waals surface area contributed by atoms with Gasteiger partial charge in [0.15, 0.2) is 6.29 Å². The molecule has 196 valence electrons. The second kappa shape index (κ2) is 25.4. The first kappa shape index (κ1) is 33.9. The van der Waals surface area contributed by atoms with E-state index in [0.717, 1.165) is 13.1 Å². The molecule has 0 saturated carbocycles. The zero-order chi connectivity index (χ0) is 24.5. The van der Waals surface area contributed by atoms with Crippen molar-refractivity contribution in [2.24, 2.45) is 0 Å². The topological polar surface area (TPSA) is 107 Å². The zero-order valence-corrected chi connectivity index (χ0v) is 22.0. The van der Waals surface area contributed by atoms with E-state index in [1.165, 1.54) is 110 Å². The minimum absolute atomic E-state index is 0.0289. The number of nitrogens with zero attached hydrogens (tertiary/aromatic N) is 1. The third kappa shape index (κ3) is 31.9. The van der Waals surface area contributed by atoms with E-state index < -0.39 is 16.7 Å². The second-order valence-corrected chi connectivity index (χ2v) is 9.60. The van der Waals surface area contributed by atoms with Crippen molar-refractivity contribution in [2.45, 2.75) is 130 Å². The van der Waals surface area contributed by atoms with Gasteiger partial charge in [-0.2, -0.15) is 8.42 Å². The van der Waals surface area contributed by atoms with Crippen molar-refractivity contribution in [2.75, 3.05) is 26.2 Å². The van der Waals surface area contributed by atoms with Crippen LogP contribution in [0.15, 0.2) is 0 Å². The van der Waals surface area contributed by atoms with Gasteiger partial charge < -0.3 is 10.2 Å². The first-order chi connectivity index (χ1) is 15.3. The molecule has 0 heterocycles. The summed E-state index contributed by atoms with van der Waals surface area (Å²) in [4.78, 5) is 2.12. The number of hydrogen-bond donors (Lipinski definition) is 3. The van der Waals surface area contributed by atoms with Crippen molar-refractivity contribution in [1.82, 2.24) is 4.90 Å². The monoisotopic (exact) mass is 483 g/mol. The highest BCUT2D eigenvalue weighted by atomic mass is 32.3. The lowest BCUT2D eigenvalue weighted by Crippen LogP contribution is -2.32. The van der Waals surface area contributed by atoms with Crippen molar-refractivity contribution in [3.05, 3.63) is 0 Å². The van der Waals surface area contributed by atoms with Gasteiger partial charge in [0.05, 0.1) is 6.61 Å². The Bertz CT molecular complexity index is 459. The Labute approximate surface area is 198 Å². The predicted octanol–water partition coefficient (Wildman–Crippen LogP) is 5.71. The molecule has 0 unspecified atom stereocenters. The van der Waals surface area contributed by atoms with E-state index in [-0.39, 0.29) is 6.61 Å². The van der Waals surface area contributed by atoms with Gasteiger partial charge in [0.25, 0.3) is 0 Å². The molecule has 0 bridgehead atoms. The van der Waals surface area contributed by atoms with E-state index in [2.05, 4.69) is 22.9 Å². The minimum Gasteiger partial charge on any atom is -0.367 e. The standard InChI is InChI=1S/C22H47NO2.C2H6O4S/c1-3-5-6-7-8-9-10-11-12-13-14-15-16-17-18-19-20-23(4-2)21-22(24)25;1-2-6-7(3,4)5/h22,24-25H,3-21H2,1-2H3;2H2,1H3,(H,3,4,5). The SMILES string of the molecule is CCCCCCCCCCCCCCCCCCN(CC)CC(O)O.CCOS(=O)(=O)O. The Morgan fingerprint density at radius 3 is 1.31 bits per heavy atom. The molecule has 0 aromatic rings. The largest absolute Gasteiger partial charge is 0.397 e. The maximum absolute atomic E-state index is 9.56. The van der Waals surface area contributed by atoms with E-state index >= 15 is 0 Å². The molecule has 0 rings (SSSR count). The molecular formula is C24H53NO6S. The van der Waals surface area contributed by atoms with Gasteiger partial charge in [-0.3, -0.25) is 9.45 Å². The van der Waals surface area contributed by atoms with Crippen LogP contribution in [0.25, 0.3) is 0 Å². The fourth-order valence-corrected chi connectivity index (χ4v) is 3.94. The number of unbranched alkanes of at least 4 members (excludes halogenated alkanes) is 15. The Balaban J connectivity index is 0. The van der Waals surface area contributed by atoms with Gasteiger partial charge in [-0.1, -0.05) is 110 Å². The van der Waals surface area contributed by atoms with Gasteiger partial charge >= 0.3 is 10.4 Å². The average Bonchev–Trinajstić information content (AvgIpc) is 2.72. The van der Waals surface area contributed by atoms with Gasteiger partial charge in [0.2, 0.25) is 0 Å². The highest BCUT2D eigenvalue weighted by Gasteiger charge is 2.06. The van der Waals surface area contributed by atoms with Crippen LogP contribution in [-0.4, -0.2) is 60.6 Å². The van der Waals surface area contributed by atoms with Crippen LogP contribution in [0.5, 0.6) is 0 Å². The van der Waals surface area contributed by atoms with Crippen LogP contribution in [0.1, 0.15) is 124 Å². The van der Waals surface area contributed by atoms with Gasteiger partial charge in [0.1, 0.15) is 0 Å². The molecule has 32 heavy (non-hydrogen) atoms. The molecule has 3 N–H and O–H groups in total. The summed E-state index contributed by atoms with van der Waals surface area (Å²) >= 11 is 0. The summed E-state index contributed by atoms with van der Waals surface area (Å²) in [6.45, 7) is 8.07. The van der Waals surface area contributed by atoms with Gasteiger partial charge in [0, 0.05) is 6.54 Å². The molecular weight excluding hydrogens is 430 g/mol. The molecule has 0 aliphatic rings. The number of hydrogen-bond acceptors (Lipinski definition) is 6. The predicted molar refractivity (Wildman–Crippen MR) is 133 cm³/mol. The Morgan fingerprint density at radius 1 is 0.688 bits per heavy atom. The molecule has 0 aromatic heterocycles. The maximum atomic E-state index is 9.56. The van der Waals surface area contributed by atoms with Gasteiger partial charge in [-0.05, 0) is 26.4 Å². The summed E-state index contributed by atoms with van der Waals surface area (Å²) in [5.74, 6) is 0. The van der Waals surface area contributed by atoms with Crippen LogP contribution >= 0.6 is 0 Å².